The van der Waals surface area contributed by atoms with Gasteiger partial charge in [0.1, 0.15) is 0 Å². The van der Waals surface area contributed by atoms with E-state index in [1.54, 1.807) is 0 Å². The molecule has 146 valence electrons. The van der Waals surface area contributed by atoms with E-state index in [0.717, 1.165) is 30.7 Å². The molecule has 1 aromatic carbocycles. The molecule has 1 saturated carbocycles. The van der Waals surface area contributed by atoms with Gasteiger partial charge in [0, 0.05) is 34.0 Å². The van der Waals surface area contributed by atoms with Crippen molar-refractivity contribution in [3.63, 3.8) is 0 Å². The Hall–Kier alpha value is -2.14. The first-order chi connectivity index (χ1) is 13.3. The number of alkyl halides is 3. The minimum Gasteiger partial charge on any atom is -0.324 e. The van der Waals surface area contributed by atoms with E-state index in [1.165, 1.54) is 12.3 Å². The van der Waals surface area contributed by atoms with Crippen LogP contribution in [0.1, 0.15) is 30.0 Å². The van der Waals surface area contributed by atoms with Gasteiger partial charge in [0.15, 0.2) is 11.6 Å². The molecule has 6 nitrogen and oxygen atoms in total. The zero-order valence-electron chi connectivity index (χ0n) is 14.1. The zero-order chi connectivity index (χ0) is 19.9. The van der Waals surface area contributed by atoms with Crippen LogP contribution in [0.25, 0.3) is 0 Å². The van der Waals surface area contributed by atoms with E-state index in [2.05, 4.69) is 62.7 Å². The average molecular weight is 518 g/mol. The largest absolute Gasteiger partial charge is 0.416 e. The van der Waals surface area contributed by atoms with Crippen LogP contribution < -0.4 is 10.6 Å². The molecule has 1 aliphatic carbocycles. The number of rotatable bonds is 5. The highest BCUT2D eigenvalue weighted by molar-refractivity contribution is 9.10. The second kappa shape index (κ2) is 7.36. The van der Waals surface area contributed by atoms with Gasteiger partial charge in [-0.2, -0.15) is 23.3 Å². The van der Waals surface area contributed by atoms with Crippen molar-refractivity contribution >= 4 is 55.1 Å². The van der Waals surface area contributed by atoms with Crippen molar-refractivity contribution in [1.82, 2.24) is 20.2 Å². The van der Waals surface area contributed by atoms with E-state index in [1.807, 2.05) is 6.07 Å². The predicted octanol–water partition coefficient (Wildman–Crippen LogP) is 6.11. The molecule has 28 heavy (non-hydrogen) atoms. The molecule has 4 rings (SSSR count). The highest BCUT2D eigenvalue weighted by Gasteiger charge is 2.31. The molecule has 0 amide bonds. The summed E-state index contributed by atoms with van der Waals surface area (Å²) in [6, 6.07) is 5.45. The van der Waals surface area contributed by atoms with Crippen molar-refractivity contribution in [2.24, 2.45) is 0 Å². The molecule has 0 spiro atoms. The first kappa shape index (κ1) is 19.2. The summed E-state index contributed by atoms with van der Waals surface area (Å²) in [6.07, 6.45) is -0.638. The summed E-state index contributed by atoms with van der Waals surface area (Å²) in [5, 5.41) is 13.1. The Balaban J connectivity index is 1.56. The molecule has 2 aromatic heterocycles. The van der Waals surface area contributed by atoms with E-state index in [9.17, 15) is 13.2 Å². The van der Waals surface area contributed by atoms with Crippen LogP contribution in [0.5, 0.6) is 0 Å². The van der Waals surface area contributed by atoms with Gasteiger partial charge in [0.05, 0.1) is 10.0 Å². The normalized spacial score (nSPS) is 14.2. The Bertz CT molecular complexity index is 1020. The molecular weight excluding hydrogens is 505 g/mol. The summed E-state index contributed by atoms with van der Waals surface area (Å²) in [5.74, 6) is 1.73. The maximum absolute atomic E-state index is 13.0. The first-order valence-corrected chi connectivity index (χ1v) is 9.86. The summed E-state index contributed by atoms with van der Waals surface area (Å²) in [4.78, 5) is 8.43. The van der Waals surface area contributed by atoms with E-state index in [4.69, 9.17) is 0 Å². The summed E-state index contributed by atoms with van der Waals surface area (Å²) in [7, 11) is 0. The fourth-order valence-electron chi connectivity index (χ4n) is 2.60. The highest BCUT2D eigenvalue weighted by Crippen LogP contribution is 2.40. The Morgan fingerprint density at radius 3 is 2.57 bits per heavy atom. The molecule has 3 aromatic rings. The molecule has 0 unspecified atom stereocenters. The second-order valence-corrected chi connectivity index (χ2v) is 8.12. The number of aromatic amines is 1. The Labute approximate surface area is 174 Å². The first-order valence-electron chi connectivity index (χ1n) is 8.27. The summed E-state index contributed by atoms with van der Waals surface area (Å²) >= 11 is 6.46. The Morgan fingerprint density at radius 2 is 1.86 bits per heavy atom. The average Bonchev–Trinajstić information content (AvgIpc) is 3.36. The van der Waals surface area contributed by atoms with Crippen LogP contribution in [0.2, 0.25) is 0 Å². The lowest BCUT2D eigenvalue weighted by molar-refractivity contribution is -0.137. The van der Waals surface area contributed by atoms with Crippen LogP contribution in [0.15, 0.2) is 39.4 Å². The number of benzene rings is 1. The van der Waals surface area contributed by atoms with Crippen LogP contribution in [0.4, 0.5) is 36.4 Å². The number of halogens is 5. The van der Waals surface area contributed by atoms with Gasteiger partial charge in [-0.25, -0.2) is 4.98 Å². The summed E-state index contributed by atoms with van der Waals surface area (Å²) < 4.78 is 39.9. The minimum absolute atomic E-state index is 0.148. The number of aromatic nitrogens is 4. The van der Waals surface area contributed by atoms with Gasteiger partial charge in [0.25, 0.3) is 0 Å². The Morgan fingerprint density at radius 1 is 1.07 bits per heavy atom. The molecule has 3 N–H and O–H groups in total. The fourth-order valence-corrected chi connectivity index (χ4v) is 3.38. The Kier molecular flexibility index (Phi) is 5.04. The molecule has 11 heteroatoms. The molecule has 0 atom stereocenters. The van der Waals surface area contributed by atoms with Gasteiger partial charge in [-0.05, 0) is 47.0 Å². The van der Waals surface area contributed by atoms with Crippen LogP contribution in [-0.4, -0.2) is 20.2 Å². The SMILES string of the molecule is FC(F)(F)c1cc(Br)cc(Nc2ncc(Br)c(Nc3cc(C4CC4)[nH]n3)n2)c1. The van der Waals surface area contributed by atoms with Gasteiger partial charge >= 0.3 is 6.18 Å². The molecule has 0 saturated heterocycles. The van der Waals surface area contributed by atoms with Crippen LogP contribution in [-0.2, 0) is 6.18 Å². The van der Waals surface area contributed by atoms with Gasteiger partial charge in [-0.1, -0.05) is 15.9 Å². The molecule has 2 heterocycles. The molecule has 0 radical (unpaired) electrons. The minimum atomic E-state index is -4.45. The van der Waals surface area contributed by atoms with Crippen molar-refractivity contribution < 1.29 is 13.2 Å². The van der Waals surface area contributed by atoms with Gasteiger partial charge in [-0.3, -0.25) is 5.10 Å². The number of H-pyrrole nitrogens is 1. The van der Waals surface area contributed by atoms with Gasteiger partial charge in [-0.15, -0.1) is 0 Å². The maximum Gasteiger partial charge on any atom is 0.416 e. The maximum atomic E-state index is 13.0. The van der Waals surface area contributed by atoms with Crippen molar-refractivity contribution in [2.45, 2.75) is 24.9 Å². The van der Waals surface area contributed by atoms with Crippen LogP contribution in [0, 0.1) is 0 Å². The van der Waals surface area contributed by atoms with E-state index < -0.39 is 11.7 Å². The fraction of sp³-hybridized carbons (Fsp3) is 0.235. The van der Waals surface area contributed by atoms with E-state index >= 15 is 0 Å². The highest BCUT2D eigenvalue weighted by atomic mass is 79.9. The number of hydrogen-bond donors (Lipinski definition) is 3. The van der Waals surface area contributed by atoms with E-state index in [-0.39, 0.29) is 11.6 Å². The molecule has 0 bridgehead atoms. The molecule has 1 fully saturated rings. The lowest BCUT2D eigenvalue weighted by Crippen LogP contribution is -2.06. The van der Waals surface area contributed by atoms with Crippen molar-refractivity contribution in [3.8, 4) is 0 Å². The molecule has 0 aliphatic heterocycles. The topological polar surface area (TPSA) is 78.5 Å². The van der Waals surface area contributed by atoms with Crippen molar-refractivity contribution in [1.29, 1.82) is 0 Å². The molecular formula is C17H13Br2F3N6. The zero-order valence-corrected chi connectivity index (χ0v) is 17.3. The predicted molar refractivity (Wildman–Crippen MR) is 106 cm³/mol. The third-order valence-electron chi connectivity index (χ3n) is 4.09. The van der Waals surface area contributed by atoms with Crippen molar-refractivity contribution in [3.05, 3.63) is 50.7 Å². The number of hydrogen-bond acceptors (Lipinski definition) is 5. The molecule has 1 aliphatic rings. The third-order valence-corrected chi connectivity index (χ3v) is 5.12. The van der Waals surface area contributed by atoms with Crippen LogP contribution in [0.3, 0.4) is 0 Å². The third kappa shape index (κ3) is 4.46. The lowest BCUT2D eigenvalue weighted by atomic mass is 10.2. The monoisotopic (exact) mass is 516 g/mol. The van der Waals surface area contributed by atoms with Gasteiger partial charge < -0.3 is 10.6 Å². The number of nitrogens with zero attached hydrogens (tertiary/aromatic N) is 3. The standard InChI is InChI=1S/C17H13Br2F3N6/c18-10-3-9(17(20,21)22)4-11(5-10)24-16-23-7-12(19)15(26-16)25-14-6-13(27-28-14)8-1-2-8/h3-8H,1-2H2,(H3,23,24,25,26,27,28). The number of nitrogens with one attached hydrogen (secondary N) is 3. The number of anilines is 4. The summed E-state index contributed by atoms with van der Waals surface area (Å²) in [5.41, 5.74) is 0.509. The van der Waals surface area contributed by atoms with Crippen LogP contribution >= 0.6 is 31.9 Å². The van der Waals surface area contributed by atoms with Gasteiger partial charge in [0.2, 0.25) is 5.95 Å². The van der Waals surface area contributed by atoms with Crippen molar-refractivity contribution in [2.75, 3.05) is 10.6 Å². The smallest absolute Gasteiger partial charge is 0.324 e. The second-order valence-electron chi connectivity index (χ2n) is 6.35. The summed E-state index contributed by atoms with van der Waals surface area (Å²) in [6.45, 7) is 0. The lowest BCUT2D eigenvalue weighted by Gasteiger charge is -2.12. The van der Waals surface area contributed by atoms with E-state index in [0.29, 0.717) is 26.5 Å². The quantitative estimate of drug-likeness (QED) is 0.380.